The van der Waals surface area contributed by atoms with Crippen LogP contribution in [0.15, 0.2) is 58.3 Å². The molecule has 0 aliphatic carbocycles. The summed E-state index contributed by atoms with van der Waals surface area (Å²) in [6, 6.07) is 14.0. The molecule has 7 heteroatoms. The molecule has 0 spiro atoms. The Balaban J connectivity index is 2.32. The number of carbonyl (C=O) groups is 1. The van der Waals surface area contributed by atoms with Gasteiger partial charge in [0.25, 0.3) is 0 Å². The maximum absolute atomic E-state index is 11.7. The van der Waals surface area contributed by atoms with Gasteiger partial charge in [-0.15, -0.1) is 11.8 Å². The zero-order chi connectivity index (χ0) is 16.2. The molecule has 0 amide bonds. The molecule has 0 heterocycles. The van der Waals surface area contributed by atoms with Crippen molar-refractivity contribution in [3.63, 3.8) is 0 Å². The van der Waals surface area contributed by atoms with Crippen molar-refractivity contribution < 1.29 is 17.9 Å². The highest BCUT2D eigenvalue weighted by Gasteiger charge is 2.18. The van der Waals surface area contributed by atoms with Gasteiger partial charge in [-0.3, -0.25) is 0 Å². The van der Waals surface area contributed by atoms with E-state index in [1.807, 2.05) is 30.3 Å². The Bertz CT molecular complexity index is 773. The van der Waals surface area contributed by atoms with E-state index in [0.29, 0.717) is 10.6 Å². The summed E-state index contributed by atoms with van der Waals surface area (Å²) in [5.41, 5.74) is 1.21. The van der Waals surface area contributed by atoms with Crippen molar-refractivity contribution in [2.24, 2.45) is 5.14 Å². The number of methoxy groups -OCH3 is 1. The Hall–Kier alpha value is -1.83. The second-order valence-electron chi connectivity index (χ2n) is 4.47. The van der Waals surface area contributed by atoms with Crippen LogP contribution >= 0.6 is 11.8 Å². The molecule has 5 nitrogen and oxygen atoms in total. The van der Waals surface area contributed by atoms with E-state index in [9.17, 15) is 13.2 Å². The number of sulfonamides is 1. The summed E-state index contributed by atoms with van der Waals surface area (Å²) in [4.78, 5) is 11.9. The third-order valence-corrected chi connectivity index (χ3v) is 5.13. The fourth-order valence-electron chi connectivity index (χ4n) is 1.83. The number of benzene rings is 2. The number of carbonyl (C=O) groups excluding carboxylic acids is 1. The second kappa shape index (κ2) is 6.95. The lowest BCUT2D eigenvalue weighted by molar-refractivity contribution is 0.0600. The van der Waals surface area contributed by atoms with Gasteiger partial charge in [0.2, 0.25) is 10.0 Å². The van der Waals surface area contributed by atoms with Gasteiger partial charge >= 0.3 is 5.97 Å². The van der Waals surface area contributed by atoms with Gasteiger partial charge in [0, 0.05) is 10.6 Å². The van der Waals surface area contributed by atoms with Crippen LogP contribution in [0, 0.1) is 0 Å². The lowest BCUT2D eigenvalue weighted by atomic mass is 10.2. The summed E-state index contributed by atoms with van der Waals surface area (Å²) in [5, 5.41) is 5.24. The molecule has 116 valence electrons. The van der Waals surface area contributed by atoms with Crippen LogP contribution in [0.1, 0.15) is 15.9 Å². The van der Waals surface area contributed by atoms with Gasteiger partial charge < -0.3 is 4.74 Å². The molecule has 2 rings (SSSR count). The van der Waals surface area contributed by atoms with E-state index in [1.54, 1.807) is 6.07 Å². The lowest BCUT2D eigenvalue weighted by Crippen LogP contribution is -2.14. The third kappa shape index (κ3) is 4.09. The predicted octanol–water partition coefficient (Wildman–Crippen LogP) is 2.41. The quantitative estimate of drug-likeness (QED) is 0.669. The lowest BCUT2D eigenvalue weighted by Gasteiger charge is -2.09. The molecular weight excluding hydrogens is 322 g/mol. The van der Waals surface area contributed by atoms with Crippen LogP contribution < -0.4 is 5.14 Å². The highest BCUT2D eigenvalue weighted by Crippen LogP contribution is 2.29. The van der Waals surface area contributed by atoms with E-state index in [0.717, 1.165) is 5.56 Å². The zero-order valence-electron chi connectivity index (χ0n) is 11.9. The molecule has 0 aliphatic heterocycles. The number of nitrogens with two attached hydrogens (primary N) is 1. The minimum absolute atomic E-state index is 0.0728. The Morgan fingerprint density at radius 2 is 1.86 bits per heavy atom. The topological polar surface area (TPSA) is 86.5 Å². The monoisotopic (exact) mass is 337 g/mol. The van der Waals surface area contributed by atoms with E-state index in [1.165, 1.54) is 31.0 Å². The van der Waals surface area contributed by atoms with Gasteiger partial charge in [-0.1, -0.05) is 30.3 Å². The van der Waals surface area contributed by atoms with Crippen molar-refractivity contribution in [1.29, 1.82) is 0 Å². The molecule has 0 saturated heterocycles. The molecule has 0 aromatic heterocycles. The molecule has 0 aliphatic rings. The van der Waals surface area contributed by atoms with Crippen molar-refractivity contribution in [2.75, 3.05) is 7.11 Å². The van der Waals surface area contributed by atoms with Crippen LogP contribution in [0.3, 0.4) is 0 Å². The van der Waals surface area contributed by atoms with E-state index in [2.05, 4.69) is 4.74 Å². The van der Waals surface area contributed by atoms with Crippen molar-refractivity contribution in [2.45, 2.75) is 15.5 Å². The van der Waals surface area contributed by atoms with Crippen LogP contribution in [-0.2, 0) is 20.5 Å². The van der Waals surface area contributed by atoms with Crippen LogP contribution in [0.2, 0.25) is 0 Å². The molecular formula is C15H15NO4S2. The molecule has 2 aromatic carbocycles. The number of primary sulfonamides is 1. The van der Waals surface area contributed by atoms with Crippen molar-refractivity contribution >= 4 is 27.8 Å². The number of hydrogen-bond donors (Lipinski definition) is 1. The zero-order valence-corrected chi connectivity index (χ0v) is 13.5. The summed E-state index contributed by atoms with van der Waals surface area (Å²) in [6.45, 7) is 0. The van der Waals surface area contributed by atoms with E-state index in [4.69, 9.17) is 5.14 Å². The molecule has 2 aromatic rings. The first kappa shape index (κ1) is 16.5. The Kier molecular flexibility index (Phi) is 5.23. The highest BCUT2D eigenvalue weighted by molar-refractivity contribution is 7.99. The van der Waals surface area contributed by atoms with E-state index < -0.39 is 16.0 Å². The second-order valence-corrected chi connectivity index (χ2v) is 7.02. The van der Waals surface area contributed by atoms with Gasteiger partial charge in [-0.2, -0.15) is 0 Å². The van der Waals surface area contributed by atoms with E-state index >= 15 is 0 Å². The molecule has 2 N–H and O–H groups in total. The average molecular weight is 337 g/mol. The van der Waals surface area contributed by atoms with Gasteiger partial charge in [0.05, 0.1) is 17.6 Å². The van der Waals surface area contributed by atoms with Gasteiger partial charge in [-0.25, -0.2) is 18.4 Å². The van der Waals surface area contributed by atoms with Gasteiger partial charge in [0.1, 0.15) is 0 Å². The minimum atomic E-state index is -3.93. The molecule has 0 saturated carbocycles. The Morgan fingerprint density at radius 3 is 2.45 bits per heavy atom. The van der Waals surface area contributed by atoms with Gasteiger partial charge in [0.15, 0.2) is 0 Å². The first-order valence-corrected chi connectivity index (χ1v) is 8.87. The smallest absolute Gasteiger partial charge is 0.337 e. The molecule has 0 radical (unpaired) electrons. The summed E-state index contributed by atoms with van der Waals surface area (Å²) >= 11 is 1.34. The van der Waals surface area contributed by atoms with E-state index in [-0.39, 0.29) is 10.5 Å². The number of hydrogen-bond acceptors (Lipinski definition) is 5. The van der Waals surface area contributed by atoms with Crippen molar-refractivity contribution in [3.05, 3.63) is 59.7 Å². The summed E-state index contributed by atoms with van der Waals surface area (Å²) in [5.74, 6) is -0.00879. The fraction of sp³-hybridized carbons (Fsp3) is 0.133. The SMILES string of the molecule is COC(=O)c1ccc(SCc2ccccc2)c(S(N)(=O)=O)c1. The largest absolute Gasteiger partial charge is 0.465 e. The maximum atomic E-state index is 11.7. The van der Waals surface area contributed by atoms with Crippen LogP contribution in [0.4, 0.5) is 0 Å². The minimum Gasteiger partial charge on any atom is -0.465 e. The molecule has 0 bridgehead atoms. The van der Waals surface area contributed by atoms with Crippen LogP contribution in [-0.4, -0.2) is 21.5 Å². The first-order chi connectivity index (χ1) is 10.4. The van der Waals surface area contributed by atoms with Crippen molar-refractivity contribution in [3.8, 4) is 0 Å². The number of esters is 1. The maximum Gasteiger partial charge on any atom is 0.337 e. The normalized spacial score (nSPS) is 11.2. The van der Waals surface area contributed by atoms with Crippen LogP contribution in [0.5, 0.6) is 0 Å². The first-order valence-electron chi connectivity index (χ1n) is 6.33. The molecule has 0 unspecified atom stereocenters. The van der Waals surface area contributed by atoms with Crippen LogP contribution in [0.25, 0.3) is 0 Å². The summed E-state index contributed by atoms with van der Waals surface area (Å²) < 4.78 is 28.1. The number of ether oxygens (including phenoxy) is 1. The third-order valence-electron chi connectivity index (χ3n) is 2.91. The Labute approximate surface area is 133 Å². The number of thioether (sulfide) groups is 1. The molecule has 0 atom stereocenters. The molecule has 22 heavy (non-hydrogen) atoms. The summed E-state index contributed by atoms with van der Waals surface area (Å²) in [7, 11) is -2.70. The fourth-order valence-corrected chi connectivity index (χ4v) is 3.87. The Morgan fingerprint density at radius 1 is 1.18 bits per heavy atom. The summed E-state index contributed by atoms with van der Waals surface area (Å²) in [6.07, 6.45) is 0. The van der Waals surface area contributed by atoms with Crippen molar-refractivity contribution in [1.82, 2.24) is 0 Å². The molecule has 0 fully saturated rings. The predicted molar refractivity (Wildman–Crippen MR) is 85.2 cm³/mol. The highest BCUT2D eigenvalue weighted by atomic mass is 32.2. The van der Waals surface area contributed by atoms with Gasteiger partial charge in [-0.05, 0) is 23.8 Å². The number of rotatable bonds is 5. The standard InChI is InChI=1S/C15H15NO4S2/c1-20-15(17)12-7-8-13(14(9-12)22(16,18)19)21-10-11-5-3-2-4-6-11/h2-9H,10H2,1H3,(H2,16,18,19). The average Bonchev–Trinajstić information content (AvgIpc) is 2.52.